The standard InChI is InChI=1S/C15H8Br2ClNO/c16-9-4-5-13(18)14(8-9)20-15-11-2-1-3-12(17)10(11)6-7-19-15/h1-8H. The summed E-state index contributed by atoms with van der Waals surface area (Å²) in [7, 11) is 0. The second-order valence-corrected chi connectivity index (χ2v) is 6.31. The summed E-state index contributed by atoms with van der Waals surface area (Å²) in [5.74, 6) is 1.10. The topological polar surface area (TPSA) is 22.1 Å². The van der Waals surface area contributed by atoms with Crippen molar-refractivity contribution in [1.82, 2.24) is 4.98 Å². The Bertz CT molecular complexity index is 792. The summed E-state index contributed by atoms with van der Waals surface area (Å²) < 4.78 is 7.77. The molecule has 100 valence electrons. The Morgan fingerprint density at radius 2 is 1.85 bits per heavy atom. The molecule has 0 unspecified atom stereocenters. The van der Waals surface area contributed by atoms with E-state index in [1.54, 1.807) is 12.3 Å². The van der Waals surface area contributed by atoms with E-state index in [1.165, 1.54) is 0 Å². The minimum absolute atomic E-state index is 0.531. The molecular formula is C15H8Br2ClNO. The summed E-state index contributed by atoms with van der Waals surface area (Å²) >= 11 is 13.1. The van der Waals surface area contributed by atoms with Crippen molar-refractivity contribution in [3.05, 3.63) is 62.6 Å². The van der Waals surface area contributed by atoms with Crippen LogP contribution in [-0.4, -0.2) is 4.98 Å². The lowest BCUT2D eigenvalue weighted by molar-refractivity contribution is 0.469. The van der Waals surface area contributed by atoms with Gasteiger partial charge in [-0.25, -0.2) is 4.98 Å². The molecule has 3 aromatic rings. The van der Waals surface area contributed by atoms with Crippen LogP contribution in [0, 0.1) is 0 Å². The van der Waals surface area contributed by atoms with Crippen LogP contribution in [0.1, 0.15) is 0 Å². The SMILES string of the molecule is Clc1ccc(Br)cc1Oc1nccc2c(Br)cccc12. The highest BCUT2D eigenvalue weighted by atomic mass is 79.9. The first-order valence-corrected chi connectivity index (χ1v) is 7.78. The molecule has 20 heavy (non-hydrogen) atoms. The van der Waals surface area contributed by atoms with E-state index in [4.69, 9.17) is 16.3 Å². The highest BCUT2D eigenvalue weighted by Crippen LogP contribution is 2.35. The van der Waals surface area contributed by atoms with Gasteiger partial charge in [-0.1, -0.05) is 49.5 Å². The minimum Gasteiger partial charge on any atom is -0.437 e. The van der Waals surface area contributed by atoms with Gasteiger partial charge in [-0.05, 0) is 36.4 Å². The van der Waals surface area contributed by atoms with Crippen LogP contribution in [0.5, 0.6) is 11.6 Å². The molecule has 0 fully saturated rings. The third-order valence-corrected chi connectivity index (χ3v) is 4.31. The first-order chi connectivity index (χ1) is 9.65. The van der Waals surface area contributed by atoms with Crippen molar-refractivity contribution in [2.75, 3.05) is 0 Å². The molecule has 3 rings (SSSR count). The Balaban J connectivity index is 2.11. The second-order valence-electron chi connectivity index (χ2n) is 4.13. The highest BCUT2D eigenvalue weighted by Gasteiger charge is 2.09. The number of rotatable bonds is 2. The van der Waals surface area contributed by atoms with Gasteiger partial charge >= 0.3 is 0 Å². The second kappa shape index (κ2) is 5.72. The van der Waals surface area contributed by atoms with Crippen molar-refractivity contribution in [2.45, 2.75) is 0 Å². The molecule has 0 aliphatic heterocycles. The maximum atomic E-state index is 6.15. The Kier molecular flexibility index (Phi) is 3.96. The van der Waals surface area contributed by atoms with E-state index in [2.05, 4.69) is 36.8 Å². The van der Waals surface area contributed by atoms with E-state index >= 15 is 0 Å². The summed E-state index contributed by atoms with van der Waals surface area (Å²) in [6.07, 6.45) is 1.72. The van der Waals surface area contributed by atoms with E-state index in [0.29, 0.717) is 16.7 Å². The lowest BCUT2D eigenvalue weighted by atomic mass is 10.2. The maximum Gasteiger partial charge on any atom is 0.227 e. The molecule has 2 aromatic carbocycles. The molecule has 5 heteroatoms. The number of benzene rings is 2. The Morgan fingerprint density at radius 1 is 1.00 bits per heavy atom. The summed E-state index contributed by atoms with van der Waals surface area (Å²) in [6, 6.07) is 13.3. The highest BCUT2D eigenvalue weighted by molar-refractivity contribution is 9.11. The van der Waals surface area contributed by atoms with Crippen molar-refractivity contribution in [2.24, 2.45) is 0 Å². The van der Waals surface area contributed by atoms with Gasteiger partial charge in [0.05, 0.1) is 5.02 Å². The molecular weight excluding hydrogens is 405 g/mol. The smallest absolute Gasteiger partial charge is 0.227 e. The molecule has 2 nitrogen and oxygen atoms in total. The monoisotopic (exact) mass is 411 g/mol. The van der Waals surface area contributed by atoms with E-state index in [1.807, 2.05) is 36.4 Å². The lowest BCUT2D eigenvalue weighted by Crippen LogP contribution is -1.90. The fraction of sp³-hybridized carbons (Fsp3) is 0. The van der Waals surface area contributed by atoms with Crippen LogP contribution in [0.3, 0.4) is 0 Å². The van der Waals surface area contributed by atoms with Crippen molar-refractivity contribution < 1.29 is 4.74 Å². The summed E-state index contributed by atoms with van der Waals surface area (Å²) in [4.78, 5) is 4.30. The van der Waals surface area contributed by atoms with E-state index in [-0.39, 0.29) is 0 Å². The van der Waals surface area contributed by atoms with Gasteiger partial charge in [0, 0.05) is 25.9 Å². The van der Waals surface area contributed by atoms with Crippen molar-refractivity contribution >= 4 is 54.2 Å². The average Bonchev–Trinajstić information content (AvgIpc) is 2.44. The van der Waals surface area contributed by atoms with Crippen LogP contribution in [0.4, 0.5) is 0 Å². The number of halogens is 3. The number of ether oxygens (including phenoxy) is 1. The zero-order chi connectivity index (χ0) is 14.1. The molecule has 1 aromatic heterocycles. The Morgan fingerprint density at radius 3 is 2.70 bits per heavy atom. The summed E-state index contributed by atoms with van der Waals surface area (Å²) in [5.41, 5.74) is 0. The predicted molar refractivity (Wildman–Crippen MR) is 88.7 cm³/mol. The molecule has 0 saturated carbocycles. The van der Waals surface area contributed by atoms with Crippen LogP contribution in [-0.2, 0) is 0 Å². The van der Waals surface area contributed by atoms with Crippen LogP contribution in [0.15, 0.2) is 57.6 Å². The number of hydrogen-bond acceptors (Lipinski definition) is 2. The van der Waals surface area contributed by atoms with Crippen molar-refractivity contribution in [1.29, 1.82) is 0 Å². The van der Waals surface area contributed by atoms with Gasteiger partial charge in [0.15, 0.2) is 0 Å². The zero-order valence-electron chi connectivity index (χ0n) is 10.1. The van der Waals surface area contributed by atoms with Gasteiger partial charge in [0.25, 0.3) is 0 Å². The Hall–Kier alpha value is -1.10. The van der Waals surface area contributed by atoms with Gasteiger partial charge in [0.1, 0.15) is 5.75 Å². The molecule has 0 N–H and O–H groups in total. The maximum absolute atomic E-state index is 6.15. The molecule has 0 aliphatic carbocycles. The third kappa shape index (κ3) is 2.68. The van der Waals surface area contributed by atoms with Crippen molar-refractivity contribution in [3.63, 3.8) is 0 Å². The third-order valence-electron chi connectivity index (χ3n) is 2.82. The summed E-state index contributed by atoms with van der Waals surface area (Å²) in [6.45, 7) is 0. The summed E-state index contributed by atoms with van der Waals surface area (Å²) in [5, 5.41) is 2.52. The minimum atomic E-state index is 0.531. The number of pyridine rings is 1. The first-order valence-electron chi connectivity index (χ1n) is 5.81. The van der Waals surface area contributed by atoms with Gasteiger partial charge in [0.2, 0.25) is 5.88 Å². The molecule has 0 saturated heterocycles. The fourth-order valence-corrected chi connectivity index (χ4v) is 2.88. The van der Waals surface area contributed by atoms with Gasteiger partial charge < -0.3 is 4.74 Å². The van der Waals surface area contributed by atoms with Crippen LogP contribution in [0.2, 0.25) is 5.02 Å². The molecule has 0 bridgehead atoms. The largest absolute Gasteiger partial charge is 0.437 e. The number of hydrogen-bond donors (Lipinski definition) is 0. The molecule has 0 atom stereocenters. The predicted octanol–water partition coefficient (Wildman–Crippen LogP) is 6.21. The molecule has 0 amide bonds. The number of aromatic nitrogens is 1. The van der Waals surface area contributed by atoms with Crippen LogP contribution < -0.4 is 4.74 Å². The number of fused-ring (bicyclic) bond motifs is 1. The fourth-order valence-electron chi connectivity index (χ4n) is 1.88. The van der Waals surface area contributed by atoms with Crippen molar-refractivity contribution in [3.8, 4) is 11.6 Å². The van der Waals surface area contributed by atoms with Crippen LogP contribution >= 0.6 is 43.5 Å². The van der Waals surface area contributed by atoms with Gasteiger partial charge in [-0.15, -0.1) is 0 Å². The first kappa shape index (κ1) is 13.9. The van der Waals surface area contributed by atoms with Gasteiger partial charge in [-0.2, -0.15) is 0 Å². The average molecular weight is 413 g/mol. The van der Waals surface area contributed by atoms with E-state index < -0.39 is 0 Å². The normalized spacial score (nSPS) is 10.8. The van der Waals surface area contributed by atoms with Crippen LogP contribution in [0.25, 0.3) is 10.8 Å². The molecule has 1 heterocycles. The molecule has 0 spiro atoms. The Labute approximate surface area is 138 Å². The zero-order valence-corrected chi connectivity index (χ0v) is 14.0. The van der Waals surface area contributed by atoms with E-state index in [0.717, 1.165) is 19.7 Å². The quantitative estimate of drug-likeness (QED) is 0.499. The van der Waals surface area contributed by atoms with E-state index in [9.17, 15) is 0 Å². The lowest BCUT2D eigenvalue weighted by Gasteiger charge is -2.10. The van der Waals surface area contributed by atoms with Gasteiger partial charge in [-0.3, -0.25) is 0 Å². The molecule has 0 aliphatic rings. The molecule has 0 radical (unpaired) electrons. The number of nitrogens with zero attached hydrogens (tertiary/aromatic N) is 1.